The lowest BCUT2D eigenvalue weighted by molar-refractivity contribution is -0.165. The number of fused-ring (bicyclic) bond motifs is 4. The molecule has 5 heterocycles. The minimum Gasteiger partial charge on any atom is -0.479 e. The molecule has 180 valence electrons. The van der Waals surface area contributed by atoms with Gasteiger partial charge in [0.1, 0.15) is 6.10 Å². The van der Waals surface area contributed by atoms with E-state index in [0.29, 0.717) is 11.8 Å². The summed E-state index contributed by atoms with van der Waals surface area (Å²) in [4.78, 5) is 25.2. The zero-order valence-corrected chi connectivity index (χ0v) is 18.2. The standard InChI is InChI=1S/C19H20N4O.C4H6O6/c1-2-16-15(5-8-20-16)11-14(1)17-3-4-19(22-21-17)24-18-12-23-9-6-13(18)7-10-23;5-1(3(7)8)2(6)4(9)10/h1-5,8,11,13,18,20H,6-7,9-10,12H2;1-2,5-6H,(H,7,8)(H,9,10)/t18-;1-,2-/m01/s1. The average Bonchev–Trinajstić information content (AvgIpc) is 3.32. The number of nitrogens with one attached hydrogen (secondary N) is 1. The number of carboxylic acid groups (broad SMARTS) is 2. The third kappa shape index (κ3) is 5.33. The van der Waals surface area contributed by atoms with Gasteiger partial charge in [-0.15, -0.1) is 10.2 Å². The Balaban J connectivity index is 0.000000235. The third-order valence-electron chi connectivity index (χ3n) is 6.16. The quantitative estimate of drug-likeness (QED) is 0.350. The predicted octanol–water partition coefficient (Wildman–Crippen LogP) is 0.975. The topological polar surface area (TPSA) is 169 Å². The second-order valence-corrected chi connectivity index (χ2v) is 8.40. The van der Waals surface area contributed by atoms with Crippen molar-refractivity contribution in [1.82, 2.24) is 20.1 Å². The zero-order chi connectivity index (χ0) is 24.2. The molecule has 3 fully saturated rings. The van der Waals surface area contributed by atoms with Crippen molar-refractivity contribution in [2.75, 3.05) is 19.6 Å². The molecule has 0 spiro atoms. The van der Waals surface area contributed by atoms with Gasteiger partial charge in [-0.05, 0) is 56.1 Å². The first-order valence-corrected chi connectivity index (χ1v) is 10.9. The number of rotatable bonds is 6. The van der Waals surface area contributed by atoms with Gasteiger partial charge in [0, 0.05) is 35.3 Å². The fourth-order valence-electron chi connectivity index (χ4n) is 4.22. The first-order valence-electron chi connectivity index (χ1n) is 10.9. The molecule has 0 amide bonds. The van der Waals surface area contributed by atoms with Gasteiger partial charge in [0.05, 0.1) is 5.69 Å². The summed E-state index contributed by atoms with van der Waals surface area (Å²) in [5.74, 6) is -2.22. The molecule has 2 bridgehead atoms. The molecule has 0 saturated carbocycles. The second-order valence-electron chi connectivity index (χ2n) is 8.40. The Bertz CT molecular complexity index is 1120. The number of aliphatic hydroxyl groups excluding tert-OH is 2. The monoisotopic (exact) mass is 470 g/mol. The number of benzene rings is 1. The van der Waals surface area contributed by atoms with Gasteiger partial charge in [0.25, 0.3) is 0 Å². The first kappa shape index (κ1) is 23.6. The number of nitrogens with zero attached hydrogens (tertiary/aromatic N) is 3. The van der Waals surface area contributed by atoms with Gasteiger partial charge >= 0.3 is 11.9 Å². The van der Waals surface area contributed by atoms with Gasteiger partial charge in [-0.1, -0.05) is 6.07 Å². The number of carbonyl (C=O) groups is 2. The third-order valence-corrected chi connectivity index (χ3v) is 6.16. The number of hydrogen-bond acceptors (Lipinski definition) is 8. The molecule has 0 radical (unpaired) electrons. The van der Waals surface area contributed by atoms with E-state index in [0.717, 1.165) is 23.3 Å². The Morgan fingerprint density at radius 1 is 1.00 bits per heavy atom. The van der Waals surface area contributed by atoms with Crippen LogP contribution in [0.3, 0.4) is 0 Å². The van der Waals surface area contributed by atoms with Crippen molar-refractivity contribution in [2.24, 2.45) is 5.92 Å². The second kappa shape index (κ2) is 10.2. The molecule has 34 heavy (non-hydrogen) atoms. The van der Waals surface area contributed by atoms with Crippen LogP contribution in [0.5, 0.6) is 5.88 Å². The van der Waals surface area contributed by atoms with Gasteiger partial charge in [-0.2, -0.15) is 0 Å². The number of piperidine rings is 3. The Hall–Kier alpha value is -3.54. The number of ether oxygens (including phenoxy) is 1. The fraction of sp³-hybridized carbons (Fsp3) is 0.391. The molecule has 3 aliphatic heterocycles. The summed E-state index contributed by atoms with van der Waals surface area (Å²) in [6.07, 6.45) is 0.170. The van der Waals surface area contributed by atoms with Gasteiger partial charge in [-0.3, -0.25) is 4.90 Å². The van der Waals surface area contributed by atoms with Crippen molar-refractivity contribution >= 4 is 22.8 Å². The van der Waals surface area contributed by atoms with Crippen molar-refractivity contribution in [3.05, 3.63) is 42.6 Å². The molecule has 11 heteroatoms. The largest absolute Gasteiger partial charge is 0.479 e. The summed E-state index contributed by atoms with van der Waals surface area (Å²) < 4.78 is 6.12. The van der Waals surface area contributed by atoms with E-state index < -0.39 is 24.1 Å². The minimum absolute atomic E-state index is 0.267. The van der Waals surface area contributed by atoms with Crippen LogP contribution in [0.4, 0.5) is 0 Å². The van der Waals surface area contributed by atoms with Crippen LogP contribution in [-0.2, 0) is 9.59 Å². The Labute approximate surface area is 194 Å². The highest BCUT2D eigenvalue weighted by molar-refractivity contribution is 5.84. The van der Waals surface area contributed by atoms with Gasteiger partial charge in [0.15, 0.2) is 12.2 Å². The van der Waals surface area contributed by atoms with Crippen LogP contribution in [-0.4, -0.2) is 90.4 Å². The first-order chi connectivity index (χ1) is 16.3. The number of carboxylic acids is 2. The number of aliphatic carboxylic acids is 2. The summed E-state index contributed by atoms with van der Waals surface area (Å²) in [7, 11) is 0. The molecule has 3 aromatic rings. The van der Waals surface area contributed by atoms with Crippen LogP contribution in [0, 0.1) is 5.92 Å². The number of aromatic amines is 1. The highest BCUT2D eigenvalue weighted by Crippen LogP contribution is 2.30. The summed E-state index contributed by atoms with van der Waals surface area (Å²) in [5.41, 5.74) is 3.08. The van der Waals surface area contributed by atoms with Crippen LogP contribution in [0.2, 0.25) is 0 Å². The van der Waals surface area contributed by atoms with E-state index in [1.807, 2.05) is 18.3 Å². The number of hydrogen-bond donors (Lipinski definition) is 5. The van der Waals surface area contributed by atoms with Crippen molar-refractivity contribution in [3.63, 3.8) is 0 Å². The van der Waals surface area contributed by atoms with Crippen molar-refractivity contribution in [1.29, 1.82) is 0 Å². The lowest BCUT2D eigenvalue weighted by Gasteiger charge is -2.44. The molecule has 1 aromatic carbocycles. The molecule has 6 rings (SSSR count). The molecule has 5 N–H and O–H groups in total. The molecule has 2 aromatic heterocycles. The highest BCUT2D eigenvalue weighted by Gasteiger charge is 2.35. The Kier molecular flexibility index (Phi) is 7.06. The lowest BCUT2D eigenvalue weighted by atomic mass is 9.86. The molecular formula is C23H26N4O7. The maximum absolute atomic E-state index is 9.77. The number of aliphatic hydroxyl groups is 2. The summed E-state index contributed by atoms with van der Waals surface area (Å²) >= 11 is 0. The van der Waals surface area contributed by atoms with Crippen molar-refractivity contribution in [2.45, 2.75) is 31.2 Å². The molecule has 3 aliphatic rings. The molecule has 11 nitrogen and oxygen atoms in total. The van der Waals surface area contributed by atoms with Crippen LogP contribution in [0.1, 0.15) is 12.8 Å². The van der Waals surface area contributed by atoms with Gasteiger partial charge in [0.2, 0.25) is 5.88 Å². The van der Waals surface area contributed by atoms with E-state index in [-0.39, 0.29) is 6.10 Å². The van der Waals surface area contributed by atoms with Crippen LogP contribution in [0.25, 0.3) is 22.2 Å². The zero-order valence-electron chi connectivity index (χ0n) is 18.2. The molecule has 0 unspecified atom stereocenters. The maximum Gasteiger partial charge on any atom is 0.335 e. The van der Waals surface area contributed by atoms with Gasteiger partial charge in [-0.25, -0.2) is 9.59 Å². The van der Waals surface area contributed by atoms with E-state index in [2.05, 4.69) is 44.3 Å². The van der Waals surface area contributed by atoms with Crippen LogP contribution < -0.4 is 4.74 Å². The van der Waals surface area contributed by atoms with Crippen LogP contribution in [0.15, 0.2) is 42.6 Å². The lowest BCUT2D eigenvalue weighted by Crippen LogP contribution is -2.52. The minimum atomic E-state index is -2.27. The normalized spacial score (nSPS) is 22.9. The van der Waals surface area contributed by atoms with E-state index in [1.54, 1.807) is 0 Å². The Morgan fingerprint density at radius 3 is 2.26 bits per heavy atom. The molecular weight excluding hydrogens is 444 g/mol. The Morgan fingerprint density at radius 2 is 1.71 bits per heavy atom. The fourth-order valence-corrected chi connectivity index (χ4v) is 4.22. The van der Waals surface area contributed by atoms with Crippen LogP contribution >= 0.6 is 0 Å². The summed E-state index contributed by atoms with van der Waals surface area (Å²) in [5, 5.41) is 42.4. The van der Waals surface area contributed by atoms with E-state index >= 15 is 0 Å². The smallest absolute Gasteiger partial charge is 0.335 e. The summed E-state index contributed by atoms with van der Waals surface area (Å²) in [6, 6.07) is 12.3. The SMILES string of the molecule is O=C(O)[C@H](O)[C@@H](O)C(=O)O.c1cc2cc(-c3ccc(O[C@H]4CN5CCC4CC5)nn3)ccc2[nH]1. The maximum atomic E-state index is 9.77. The highest BCUT2D eigenvalue weighted by atomic mass is 16.5. The van der Waals surface area contributed by atoms with E-state index in [1.165, 1.54) is 31.3 Å². The predicted molar refractivity (Wildman–Crippen MR) is 120 cm³/mol. The van der Waals surface area contributed by atoms with Gasteiger partial charge < -0.3 is 30.1 Å². The van der Waals surface area contributed by atoms with Crippen molar-refractivity contribution < 1.29 is 34.8 Å². The average molecular weight is 470 g/mol. The molecule has 0 aliphatic carbocycles. The van der Waals surface area contributed by atoms with E-state index in [9.17, 15) is 9.59 Å². The van der Waals surface area contributed by atoms with E-state index in [4.69, 9.17) is 25.2 Å². The number of aromatic nitrogens is 3. The molecule has 3 saturated heterocycles. The van der Waals surface area contributed by atoms with Crippen molar-refractivity contribution in [3.8, 4) is 17.1 Å². The molecule has 3 atom stereocenters. The summed E-state index contributed by atoms with van der Waals surface area (Å²) in [6.45, 7) is 3.46. The number of H-pyrrole nitrogens is 1.